The summed E-state index contributed by atoms with van der Waals surface area (Å²) in [4.78, 5) is 5.07. The molecule has 0 saturated heterocycles. The zero-order valence-corrected chi connectivity index (χ0v) is 20.1. The summed E-state index contributed by atoms with van der Waals surface area (Å²) in [5.41, 5.74) is 5.58. The Kier molecular flexibility index (Phi) is 7.02. The van der Waals surface area contributed by atoms with Crippen LogP contribution in [-0.4, -0.2) is 50.7 Å². The second-order valence-corrected chi connectivity index (χ2v) is 9.03. The van der Waals surface area contributed by atoms with E-state index in [1.165, 1.54) is 33.0 Å². The number of nitrogens with zero attached hydrogens (tertiary/aromatic N) is 2. The van der Waals surface area contributed by atoms with Gasteiger partial charge in [-0.1, -0.05) is 36.4 Å². The van der Waals surface area contributed by atoms with Gasteiger partial charge in [0.15, 0.2) is 11.5 Å². The van der Waals surface area contributed by atoms with Gasteiger partial charge in [-0.15, -0.1) is 0 Å². The first-order chi connectivity index (χ1) is 15.5. The van der Waals surface area contributed by atoms with E-state index < -0.39 is 0 Å². The molecule has 1 atom stereocenters. The number of rotatable bonds is 8. The first kappa shape index (κ1) is 22.6. The normalized spacial score (nSPS) is 15.1. The van der Waals surface area contributed by atoms with Crippen molar-refractivity contribution in [1.82, 2.24) is 9.80 Å². The van der Waals surface area contributed by atoms with E-state index in [4.69, 9.17) is 9.47 Å². The number of hydrogen-bond donors (Lipinski definition) is 0. The summed E-state index contributed by atoms with van der Waals surface area (Å²) in [5.74, 6) is 1.66. The van der Waals surface area contributed by atoms with Gasteiger partial charge in [0, 0.05) is 19.1 Å². The van der Waals surface area contributed by atoms with Crippen molar-refractivity contribution in [3.05, 3.63) is 70.8 Å². The molecule has 0 spiro atoms. The fraction of sp³-hybridized carbons (Fsp3) is 0.429. The zero-order chi connectivity index (χ0) is 22.7. The van der Waals surface area contributed by atoms with Gasteiger partial charge in [-0.3, -0.25) is 9.80 Å². The molecule has 0 amide bonds. The highest BCUT2D eigenvalue weighted by Crippen LogP contribution is 2.33. The van der Waals surface area contributed by atoms with Gasteiger partial charge in [-0.05, 0) is 92.0 Å². The van der Waals surface area contributed by atoms with E-state index in [0.717, 1.165) is 50.5 Å². The molecular formula is C28H36N2O2. The Labute approximate surface area is 192 Å². The Bertz CT molecular complexity index is 1080. The van der Waals surface area contributed by atoms with Crippen LogP contribution in [0.4, 0.5) is 0 Å². The summed E-state index contributed by atoms with van der Waals surface area (Å²) >= 11 is 0. The Morgan fingerprint density at radius 2 is 1.72 bits per heavy atom. The molecule has 0 radical (unpaired) electrons. The van der Waals surface area contributed by atoms with E-state index in [-0.39, 0.29) is 0 Å². The molecule has 1 aliphatic heterocycles. The first-order valence-corrected chi connectivity index (χ1v) is 11.7. The van der Waals surface area contributed by atoms with Crippen LogP contribution in [0, 0.1) is 6.92 Å². The van der Waals surface area contributed by atoms with Crippen LogP contribution in [0.15, 0.2) is 48.5 Å². The molecule has 0 aliphatic carbocycles. The van der Waals surface area contributed by atoms with E-state index in [2.05, 4.69) is 79.2 Å². The van der Waals surface area contributed by atoms with Crippen molar-refractivity contribution >= 4 is 10.8 Å². The summed E-state index contributed by atoms with van der Waals surface area (Å²) < 4.78 is 11.0. The second-order valence-electron chi connectivity index (χ2n) is 9.03. The van der Waals surface area contributed by atoms with Crippen molar-refractivity contribution in [2.45, 2.75) is 39.3 Å². The largest absolute Gasteiger partial charge is 0.493 e. The highest BCUT2D eigenvalue weighted by Gasteiger charge is 2.20. The predicted octanol–water partition coefficient (Wildman–Crippen LogP) is 5.61. The summed E-state index contributed by atoms with van der Waals surface area (Å²) in [6.45, 7) is 8.85. The zero-order valence-electron chi connectivity index (χ0n) is 20.1. The maximum Gasteiger partial charge on any atom is 0.161 e. The number of hydrogen-bond acceptors (Lipinski definition) is 4. The van der Waals surface area contributed by atoms with Crippen molar-refractivity contribution < 1.29 is 9.47 Å². The van der Waals surface area contributed by atoms with Gasteiger partial charge >= 0.3 is 0 Å². The number of benzene rings is 3. The molecule has 4 heteroatoms. The SMILES string of the molecule is COc1cc2c(cc1OC)CN(CCCN(C)C(C)c1c(C)ccc3ccccc13)CC2. The van der Waals surface area contributed by atoms with Crippen molar-refractivity contribution in [3.63, 3.8) is 0 Å². The molecule has 32 heavy (non-hydrogen) atoms. The highest BCUT2D eigenvalue weighted by atomic mass is 16.5. The third-order valence-electron chi connectivity index (χ3n) is 7.05. The van der Waals surface area contributed by atoms with Gasteiger partial charge in [0.2, 0.25) is 0 Å². The van der Waals surface area contributed by atoms with E-state index in [1.54, 1.807) is 14.2 Å². The Morgan fingerprint density at radius 1 is 1.00 bits per heavy atom. The highest BCUT2D eigenvalue weighted by molar-refractivity contribution is 5.87. The van der Waals surface area contributed by atoms with Crippen LogP contribution in [0.25, 0.3) is 10.8 Å². The minimum absolute atomic E-state index is 0.389. The molecule has 0 aromatic heterocycles. The standard InChI is InChI=1S/C28H36N2O2/c1-20-11-12-22-9-6-7-10-25(22)28(20)21(2)29(3)14-8-15-30-16-13-23-17-26(31-4)27(32-5)18-24(23)19-30/h6-7,9-12,17-18,21H,8,13-16,19H2,1-5H3. The van der Waals surface area contributed by atoms with Gasteiger partial charge < -0.3 is 9.47 Å². The lowest BCUT2D eigenvalue weighted by Crippen LogP contribution is -2.33. The first-order valence-electron chi connectivity index (χ1n) is 11.7. The Balaban J connectivity index is 1.37. The van der Waals surface area contributed by atoms with E-state index in [0.29, 0.717) is 6.04 Å². The molecule has 3 aromatic rings. The molecule has 170 valence electrons. The third kappa shape index (κ3) is 4.62. The minimum atomic E-state index is 0.389. The minimum Gasteiger partial charge on any atom is -0.493 e. The van der Waals surface area contributed by atoms with Gasteiger partial charge in [0.05, 0.1) is 14.2 Å². The predicted molar refractivity (Wildman–Crippen MR) is 133 cm³/mol. The van der Waals surface area contributed by atoms with E-state index in [9.17, 15) is 0 Å². The number of methoxy groups -OCH3 is 2. The monoisotopic (exact) mass is 432 g/mol. The molecule has 0 fully saturated rings. The third-order valence-corrected chi connectivity index (χ3v) is 7.05. The van der Waals surface area contributed by atoms with Crippen LogP contribution in [-0.2, 0) is 13.0 Å². The lowest BCUT2D eigenvalue weighted by molar-refractivity contribution is 0.210. The van der Waals surface area contributed by atoms with E-state index >= 15 is 0 Å². The van der Waals surface area contributed by atoms with Crippen LogP contribution < -0.4 is 9.47 Å². The molecule has 4 rings (SSSR count). The van der Waals surface area contributed by atoms with Gasteiger partial charge in [0.1, 0.15) is 0 Å². The fourth-order valence-electron chi connectivity index (χ4n) is 5.05. The van der Waals surface area contributed by atoms with Crippen LogP contribution in [0.1, 0.15) is 41.6 Å². The van der Waals surface area contributed by atoms with Gasteiger partial charge in [0.25, 0.3) is 0 Å². The fourth-order valence-corrected chi connectivity index (χ4v) is 5.05. The Hall–Kier alpha value is -2.56. The van der Waals surface area contributed by atoms with Crippen LogP contribution in [0.3, 0.4) is 0 Å². The van der Waals surface area contributed by atoms with Crippen molar-refractivity contribution in [2.75, 3.05) is 40.9 Å². The molecular weight excluding hydrogens is 396 g/mol. The average Bonchev–Trinajstić information content (AvgIpc) is 2.82. The topological polar surface area (TPSA) is 24.9 Å². The lowest BCUT2D eigenvalue weighted by atomic mass is 9.94. The number of aryl methyl sites for hydroxylation is 1. The van der Waals surface area contributed by atoms with Crippen molar-refractivity contribution in [1.29, 1.82) is 0 Å². The molecule has 4 nitrogen and oxygen atoms in total. The maximum atomic E-state index is 5.51. The molecule has 0 bridgehead atoms. The lowest BCUT2D eigenvalue weighted by Gasteiger charge is -2.31. The molecule has 3 aromatic carbocycles. The van der Waals surface area contributed by atoms with E-state index in [1.807, 2.05) is 0 Å². The number of ether oxygens (including phenoxy) is 2. The van der Waals surface area contributed by atoms with Crippen LogP contribution in [0.5, 0.6) is 11.5 Å². The molecule has 1 aliphatic rings. The molecule has 0 saturated carbocycles. The Morgan fingerprint density at radius 3 is 2.47 bits per heavy atom. The molecule has 0 N–H and O–H groups in total. The van der Waals surface area contributed by atoms with Crippen molar-refractivity contribution in [2.24, 2.45) is 0 Å². The van der Waals surface area contributed by atoms with Crippen LogP contribution >= 0.6 is 0 Å². The maximum absolute atomic E-state index is 5.51. The summed E-state index contributed by atoms with van der Waals surface area (Å²) in [6, 6.07) is 17.9. The quantitative estimate of drug-likeness (QED) is 0.462. The van der Waals surface area contributed by atoms with Gasteiger partial charge in [-0.25, -0.2) is 0 Å². The summed E-state index contributed by atoms with van der Waals surface area (Å²) in [6.07, 6.45) is 2.23. The summed E-state index contributed by atoms with van der Waals surface area (Å²) in [5, 5.41) is 2.70. The van der Waals surface area contributed by atoms with Crippen LogP contribution in [0.2, 0.25) is 0 Å². The average molecular weight is 433 g/mol. The molecule has 1 unspecified atom stereocenters. The smallest absolute Gasteiger partial charge is 0.161 e. The van der Waals surface area contributed by atoms with Crippen molar-refractivity contribution in [3.8, 4) is 11.5 Å². The number of fused-ring (bicyclic) bond motifs is 2. The summed E-state index contributed by atoms with van der Waals surface area (Å²) in [7, 11) is 5.67. The molecule has 1 heterocycles. The van der Waals surface area contributed by atoms with Gasteiger partial charge in [-0.2, -0.15) is 0 Å². The second kappa shape index (κ2) is 9.93.